The van der Waals surface area contributed by atoms with Crippen molar-refractivity contribution in [3.63, 3.8) is 0 Å². The first-order chi connectivity index (χ1) is 0. The Kier molecular flexibility index (Phi) is 3260. The van der Waals surface area contributed by atoms with Gasteiger partial charge in [0.2, 0.25) is 0 Å². The first kappa shape index (κ1) is 191. The summed E-state index contributed by atoms with van der Waals surface area (Å²) in [5.41, 5.74) is 0. The minimum atomic E-state index is 0. The normalized spacial score (nSPS) is 0. The van der Waals surface area contributed by atoms with Crippen molar-refractivity contribution in [2.75, 3.05) is 0 Å². The van der Waals surface area contributed by atoms with Crippen LogP contribution in [0.2, 0.25) is 0 Å². The molecule has 0 aliphatic heterocycles. The van der Waals surface area contributed by atoms with Crippen molar-refractivity contribution >= 4 is 0 Å². The second-order valence-corrected chi connectivity index (χ2v) is 0. The minimum Gasteiger partial charge on any atom is -2.00 e. The van der Waals surface area contributed by atoms with Crippen LogP contribution in [0.15, 0.2) is 0 Å². The van der Waals surface area contributed by atoms with Gasteiger partial charge in [0.05, 0.1) is 0 Å². The summed E-state index contributed by atoms with van der Waals surface area (Å²) in [7, 11) is 0. The molecule has 0 atom stereocenters. The van der Waals surface area contributed by atoms with Crippen LogP contribution in [0.1, 0.15) is 0 Å². The molecule has 0 aromatic rings. The molecular formula is Cu3MoO4. The molecule has 0 aromatic heterocycles. The Morgan fingerprint density at radius 1 is 0.500 bits per heavy atom. The summed E-state index contributed by atoms with van der Waals surface area (Å²) in [5, 5.41) is 0. The summed E-state index contributed by atoms with van der Waals surface area (Å²) in [5.74, 6) is 0. The summed E-state index contributed by atoms with van der Waals surface area (Å²) < 4.78 is 0. The standard InChI is InChI=1S/3Cu.Mo.4O/q;2*+1;+6;4*-2. The predicted molar refractivity (Wildman–Crippen MR) is 2.75 cm³/mol. The van der Waals surface area contributed by atoms with E-state index in [0.717, 1.165) is 0 Å². The minimum absolute atomic E-state index is 0. The fourth-order valence-electron chi connectivity index (χ4n) is 0. The molecule has 0 amide bonds. The fraction of sp³-hybridized carbons (Fsp3) is 0. The number of hydrogen-bond acceptors (Lipinski definition) is 0. The van der Waals surface area contributed by atoms with Crippen molar-refractivity contribution < 1.29 is 94.2 Å². The Balaban J connectivity index is 0. The Hall–Kier alpha value is 2.09. The van der Waals surface area contributed by atoms with Gasteiger partial charge in [0.25, 0.3) is 0 Å². The van der Waals surface area contributed by atoms with Gasteiger partial charge in [-0.1, -0.05) is 0 Å². The zero-order valence-electron chi connectivity index (χ0n) is 2.95. The maximum atomic E-state index is 0. The van der Waals surface area contributed by atoms with Gasteiger partial charge in [-0.05, 0) is 0 Å². The number of rotatable bonds is 0. The van der Waals surface area contributed by atoms with Crippen LogP contribution < -0.4 is 0 Å². The Labute approximate surface area is 93.5 Å². The topological polar surface area (TPSA) is 114 Å². The second kappa shape index (κ2) is 136. The van der Waals surface area contributed by atoms with Gasteiger partial charge in [0, 0.05) is 17.1 Å². The Bertz CT molecular complexity index is 11.2. The summed E-state index contributed by atoms with van der Waals surface area (Å²) in [4.78, 5) is 0. The van der Waals surface area contributed by atoms with Crippen LogP contribution in [0, 0.1) is 0 Å². The molecule has 0 saturated heterocycles. The molecule has 0 heterocycles. The van der Waals surface area contributed by atoms with E-state index in [1.54, 1.807) is 0 Å². The molecule has 0 aliphatic carbocycles. The summed E-state index contributed by atoms with van der Waals surface area (Å²) in [6.07, 6.45) is 0. The first-order valence-electron chi connectivity index (χ1n) is 0. The van der Waals surface area contributed by atoms with Crippen molar-refractivity contribution in [3.8, 4) is 0 Å². The Morgan fingerprint density at radius 2 is 0.500 bits per heavy atom. The fourth-order valence-corrected chi connectivity index (χ4v) is 0. The average Bonchev–Trinajstić information content (AvgIpc) is 0. The molecule has 8 heteroatoms. The zero-order valence-corrected chi connectivity index (χ0v) is 7.78. The van der Waals surface area contributed by atoms with Gasteiger partial charge in [0.1, 0.15) is 0 Å². The van der Waals surface area contributed by atoms with Gasteiger partial charge in [-0.2, -0.15) is 0 Å². The van der Waals surface area contributed by atoms with Crippen LogP contribution in [-0.2, 0) is 94.2 Å². The molecule has 0 rings (SSSR count). The SMILES string of the molecule is [Cu+].[Cu+].[Cu].[Mo+6].[O-2].[O-2].[O-2].[O-2]. The van der Waals surface area contributed by atoms with E-state index in [2.05, 4.69) is 0 Å². The van der Waals surface area contributed by atoms with E-state index in [-0.39, 0.29) is 94.2 Å². The van der Waals surface area contributed by atoms with E-state index in [1.165, 1.54) is 0 Å². The van der Waals surface area contributed by atoms with Crippen LogP contribution in [0.25, 0.3) is 0 Å². The van der Waals surface area contributed by atoms with Crippen LogP contribution >= 0.6 is 0 Å². The maximum absolute atomic E-state index is 0. The maximum Gasteiger partial charge on any atom is 6.00 e. The van der Waals surface area contributed by atoms with Gasteiger partial charge in [-0.15, -0.1) is 0 Å². The van der Waals surface area contributed by atoms with E-state index >= 15 is 0 Å². The molecule has 1 radical (unpaired) electrons. The average molecular weight is 351 g/mol. The van der Waals surface area contributed by atoms with E-state index in [0.29, 0.717) is 0 Å². The molecule has 4 nitrogen and oxygen atoms in total. The molecule has 0 fully saturated rings. The van der Waals surface area contributed by atoms with Crippen molar-refractivity contribution in [1.82, 2.24) is 0 Å². The van der Waals surface area contributed by atoms with Gasteiger partial charge in [0.15, 0.2) is 0 Å². The molecule has 8 heavy (non-hydrogen) atoms. The van der Waals surface area contributed by atoms with E-state index < -0.39 is 0 Å². The molecule has 0 N–H and O–H groups in total. The molecule has 0 bridgehead atoms. The number of hydrogen-bond donors (Lipinski definition) is 0. The molecule has 0 aromatic carbocycles. The van der Waals surface area contributed by atoms with E-state index in [9.17, 15) is 0 Å². The summed E-state index contributed by atoms with van der Waals surface area (Å²) in [6.45, 7) is 0. The van der Waals surface area contributed by atoms with E-state index in [1.807, 2.05) is 0 Å². The van der Waals surface area contributed by atoms with Crippen molar-refractivity contribution in [3.05, 3.63) is 0 Å². The van der Waals surface area contributed by atoms with Crippen LogP contribution in [0.5, 0.6) is 0 Å². The third-order valence-corrected chi connectivity index (χ3v) is 0. The van der Waals surface area contributed by atoms with Gasteiger partial charge < -0.3 is 21.9 Å². The quantitative estimate of drug-likeness (QED) is 0.525. The molecular weight excluding hydrogens is 351 g/mol. The zero-order chi connectivity index (χ0) is 0. The molecule has 0 saturated carbocycles. The largest absolute Gasteiger partial charge is 6.00 e. The van der Waals surface area contributed by atoms with Crippen LogP contribution in [0.4, 0.5) is 0 Å². The Morgan fingerprint density at radius 3 is 0.500 bits per heavy atom. The molecule has 0 unspecified atom stereocenters. The third kappa shape index (κ3) is 93.3. The van der Waals surface area contributed by atoms with Gasteiger partial charge in [-0.25, -0.2) is 0 Å². The van der Waals surface area contributed by atoms with Gasteiger partial charge >= 0.3 is 55.2 Å². The van der Waals surface area contributed by atoms with Crippen LogP contribution in [0.3, 0.4) is 0 Å². The monoisotopic (exact) mass is 351 g/mol. The van der Waals surface area contributed by atoms with Crippen molar-refractivity contribution in [1.29, 1.82) is 0 Å². The summed E-state index contributed by atoms with van der Waals surface area (Å²) in [6, 6.07) is 0. The van der Waals surface area contributed by atoms with Gasteiger partial charge in [-0.3, -0.25) is 0 Å². The third-order valence-electron chi connectivity index (χ3n) is 0. The predicted octanol–water partition coefficient (Wildman–Crippen LogP) is -0.485. The first-order valence-corrected chi connectivity index (χ1v) is 0. The van der Waals surface area contributed by atoms with E-state index in [4.69, 9.17) is 0 Å². The smallest absolute Gasteiger partial charge is 2.00 e. The van der Waals surface area contributed by atoms with Crippen molar-refractivity contribution in [2.45, 2.75) is 0 Å². The summed E-state index contributed by atoms with van der Waals surface area (Å²) >= 11 is 0. The van der Waals surface area contributed by atoms with Crippen molar-refractivity contribution in [2.24, 2.45) is 0 Å². The van der Waals surface area contributed by atoms with Crippen LogP contribution in [-0.4, -0.2) is 0 Å². The molecule has 0 aliphatic rings. The second-order valence-electron chi connectivity index (χ2n) is 0. The molecule has 0 spiro atoms. The molecule has 63 valence electrons.